The maximum absolute atomic E-state index is 6.01. The van der Waals surface area contributed by atoms with Crippen molar-refractivity contribution in [1.82, 2.24) is 9.78 Å². The molecule has 3 heterocycles. The van der Waals surface area contributed by atoms with Crippen molar-refractivity contribution in [2.75, 3.05) is 6.61 Å². The summed E-state index contributed by atoms with van der Waals surface area (Å²) in [6, 6.07) is 0. The third kappa shape index (κ3) is 2.22. The topological polar surface area (TPSA) is 45.5 Å². The Labute approximate surface area is 114 Å². The highest BCUT2D eigenvalue weighted by molar-refractivity contribution is 6.61. The summed E-state index contributed by atoms with van der Waals surface area (Å²) in [5.41, 5.74) is 0.321. The Kier molecular flexibility index (Phi) is 3.00. The summed E-state index contributed by atoms with van der Waals surface area (Å²) in [6.45, 7) is 9.03. The van der Waals surface area contributed by atoms with Crippen molar-refractivity contribution in [2.45, 2.75) is 58.0 Å². The molecule has 19 heavy (non-hydrogen) atoms. The summed E-state index contributed by atoms with van der Waals surface area (Å²) in [5.74, 6) is 0. The first kappa shape index (κ1) is 13.2. The van der Waals surface area contributed by atoms with Gasteiger partial charge in [0, 0.05) is 24.5 Å². The maximum Gasteiger partial charge on any atom is 0.498 e. The molecule has 3 rings (SSSR count). The van der Waals surface area contributed by atoms with Gasteiger partial charge in [0.15, 0.2) is 0 Å². The Balaban J connectivity index is 1.77. The van der Waals surface area contributed by atoms with Gasteiger partial charge >= 0.3 is 7.12 Å². The Morgan fingerprint density at radius 2 is 1.95 bits per heavy atom. The predicted octanol–water partition coefficient (Wildman–Crippen LogP) is 1.49. The molecule has 0 bridgehead atoms. The molecule has 1 aromatic rings. The summed E-state index contributed by atoms with van der Waals surface area (Å²) in [4.78, 5) is 0. The molecule has 1 atom stereocenters. The van der Waals surface area contributed by atoms with E-state index >= 15 is 0 Å². The Morgan fingerprint density at radius 3 is 2.53 bits per heavy atom. The number of aromatic nitrogens is 2. The smallest absolute Gasteiger partial charge is 0.399 e. The maximum atomic E-state index is 6.01. The molecule has 0 amide bonds. The highest BCUT2D eigenvalue weighted by Gasteiger charge is 2.52. The minimum Gasteiger partial charge on any atom is -0.399 e. The monoisotopic (exact) mass is 264 g/mol. The van der Waals surface area contributed by atoms with E-state index in [2.05, 4.69) is 32.8 Å². The molecule has 0 aliphatic carbocycles. The lowest BCUT2D eigenvalue weighted by atomic mass is 9.82. The summed E-state index contributed by atoms with van der Waals surface area (Å²) in [6.07, 6.45) is 5.96. The minimum atomic E-state index is -0.347. The van der Waals surface area contributed by atoms with E-state index < -0.39 is 0 Å². The molecule has 0 radical (unpaired) electrons. The van der Waals surface area contributed by atoms with Gasteiger partial charge in [0.25, 0.3) is 0 Å². The van der Waals surface area contributed by atoms with Crippen molar-refractivity contribution in [3.8, 4) is 0 Å². The van der Waals surface area contributed by atoms with Crippen molar-refractivity contribution in [3.63, 3.8) is 0 Å². The summed E-state index contributed by atoms with van der Waals surface area (Å²) < 4.78 is 19.5. The Morgan fingerprint density at radius 1 is 1.26 bits per heavy atom. The standard InChI is InChI=1S/C13H21BN2O3/c1-12(2)13(3,4)19-14(18-12)10-8-15-16(9-10)11-6-5-7-17-11/h8-9,11H,5-7H2,1-4H3/t11-/m0/s1. The molecule has 5 nitrogen and oxygen atoms in total. The van der Waals surface area contributed by atoms with Gasteiger partial charge < -0.3 is 14.0 Å². The fraction of sp³-hybridized carbons (Fsp3) is 0.769. The van der Waals surface area contributed by atoms with Crippen molar-refractivity contribution in [2.24, 2.45) is 0 Å². The molecule has 0 aromatic carbocycles. The summed E-state index contributed by atoms with van der Waals surface area (Å²) >= 11 is 0. The zero-order valence-corrected chi connectivity index (χ0v) is 12.0. The summed E-state index contributed by atoms with van der Waals surface area (Å²) in [5, 5.41) is 4.37. The highest BCUT2D eigenvalue weighted by Crippen LogP contribution is 2.36. The Hall–Kier alpha value is -0.845. The first-order chi connectivity index (χ1) is 8.89. The molecule has 0 unspecified atom stereocenters. The van der Waals surface area contributed by atoms with Crippen molar-refractivity contribution in [3.05, 3.63) is 12.4 Å². The van der Waals surface area contributed by atoms with E-state index in [0.29, 0.717) is 0 Å². The van der Waals surface area contributed by atoms with Crippen LogP contribution in [0.5, 0.6) is 0 Å². The van der Waals surface area contributed by atoms with Crippen molar-refractivity contribution < 1.29 is 14.0 Å². The van der Waals surface area contributed by atoms with Crippen molar-refractivity contribution >= 4 is 12.6 Å². The second kappa shape index (κ2) is 4.33. The fourth-order valence-electron chi connectivity index (χ4n) is 2.38. The second-order valence-corrected chi connectivity index (χ2v) is 6.31. The molecular weight excluding hydrogens is 243 g/mol. The summed E-state index contributed by atoms with van der Waals surface area (Å²) in [7, 11) is -0.347. The van der Waals surface area contributed by atoms with Crippen LogP contribution in [0.2, 0.25) is 0 Å². The molecule has 2 aliphatic heterocycles. The highest BCUT2D eigenvalue weighted by atomic mass is 16.7. The lowest BCUT2D eigenvalue weighted by Gasteiger charge is -2.32. The number of hydrogen-bond donors (Lipinski definition) is 0. The second-order valence-electron chi connectivity index (χ2n) is 6.31. The number of nitrogens with zero attached hydrogens (tertiary/aromatic N) is 2. The third-order valence-electron chi connectivity index (χ3n) is 4.35. The van der Waals surface area contributed by atoms with Crippen LogP contribution in [0.15, 0.2) is 12.4 Å². The van der Waals surface area contributed by atoms with E-state index in [0.717, 1.165) is 24.9 Å². The van der Waals surface area contributed by atoms with E-state index in [9.17, 15) is 0 Å². The van der Waals surface area contributed by atoms with E-state index in [1.54, 1.807) is 0 Å². The molecule has 2 fully saturated rings. The van der Waals surface area contributed by atoms with Gasteiger partial charge in [0.2, 0.25) is 0 Å². The van der Waals surface area contributed by atoms with Crippen LogP contribution in [0.1, 0.15) is 46.8 Å². The normalized spacial score (nSPS) is 29.1. The number of rotatable bonds is 2. The van der Waals surface area contributed by atoms with Gasteiger partial charge in [-0.05, 0) is 40.5 Å². The predicted molar refractivity (Wildman–Crippen MR) is 72.2 cm³/mol. The van der Waals surface area contributed by atoms with E-state index in [4.69, 9.17) is 14.0 Å². The molecule has 0 spiro atoms. The van der Waals surface area contributed by atoms with Gasteiger partial charge in [-0.3, -0.25) is 0 Å². The van der Waals surface area contributed by atoms with Crippen LogP contribution in [0, 0.1) is 0 Å². The van der Waals surface area contributed by atoms with E-state index in [1.807, 2.05) is 17.1 Å². The van der Waals surface area contributed by atoms with Gasteiger partial charge in [-0.25, -0.2) is 4.68 Å². The largest absolute Gasteiger partial charge is 0.498 e. The first-order valence-electron chi connectivity index (χ1n) is 6.90. The Bertz CT molecular complexity index is 450. The fourth-order valence-corrected chi connectivity index (χ4v) is 2.38. The van der Waals surface area contributed by atoms with Crippen LogP contribution in [0.3, 0.4) is 0 Å². The lowest BCUT2D eigenvalue weighted by molar-refractivity contribution is 0.00578. The quantitative estimate of drug-likeness (QED) is 0.759. The zero-order valence-electron chi connectivity index (χ0n) is 12.0. The van der Waals surface area contributed by atoms with E-state index in [1.165, 1.54) is 0 Å². The van der Waals surface area contributed by atoms with Crippen LogP contribution in [0.25, 0.3) is 0 Å². The average molecular weight is 264 g/mol. The van der Waals surface area contributed by atoms with Gasteiger partial charge in [0.1, 0.15) is 6.23 Å². The SMILES string of the molecule is CC1(C)OB(c2cnn([C@@H]3CCCO3)c2)OC1(C)C. The van der Waals surface area contributed by atoms with Gasteiger partial charge in [0.05, 0.1) is 11.2 Å². The van der Waals surface area contributed by atoms with Crippen LogP contribution in [0.4, 0.5) is 0 Å². The molecular formula is C13H21BN2O3. The minimum absolute atomic E-state index is 0.0659. The number of ether oxygens (including phenoxy) is 1. The molecule has 0 saturated carbocycles. The van der Waals surface area contributed by atoms with Gasteiger partial charge in [-0.1, -0.05) is 0 Å². The third-order valence-corrected chi connectivity index (χ3v) is 4.35. The number of hydrogen-bond acceptors (Lipinski definition) is 4. The van der Waals surface area contributed by atoms with Crippen LogP contribution in [-0.2, 0) is 14.0 Å². The van der Waals surface area contributed by atoms with Gasteiger partial charge in [-0.15, -0.1) is 0 Å². The van der Waals surface area contributed by atoms with Crippen LogP contribution in [-0.4, -0.2) is 34.7 Å². The molecule has 0 N–H and O–H groups in total. The van der Waals surface area contributed by atoms with Crippen LogP contribution >= 0.6 is 0 Å². The lowest BCUT2D eigenvalue weighted by Crippen LogP contribution is -2.41. The molecule has 2 aliphatic rings. The van der Waals surface area contributed by atoms with Crippen molar-refractivity contribution in [1.29, 1.82) is 0 Å². The molecule has 6 heteroatoms. The molecule has 2 saturated heterocycles. The zero-order chi connectivity index (χ0) is 13.7. The first-order valence-corrected chi connectivity index (χ1v) is 6.90. The molecule has 104 valence electrons. The van der Waals surface area contributed by atoms with E-state index in [-0.39, 0.29) is 24.5 Å². The van der Waals surface area contributed by atoms with Crippen LogP contribution < -0.4 is 5.46 Å². The average Bonchev–Trinajstić information content (AvgIpc) is 3.00. The molecule has 1 aromatic heterocycles. The van der Waals surface area contributed by atoms with Gasteiger partial charge in [-0.2, -0.15) is 5.10 Å².